The van der Waals surface area contributed by atoms with Crippen LogP contribution in [0.15, 0.2) is 213 Å². The molecule has 3 amide bonds. The largest absolute Gasteiger partial charge is 0.385 e. The highest BCUT2D eigenvalue weighted by Crippen LogP contribution is 2.19. The molecule has 0 saturated carbocycles. The fraction of sp³-hybridized carbons (Fsp3) is 0.169. The second-order valence-electron chi connectivity index (χ2n) is 23.4. The smallest absolute Gasteiger partial charge is 0.271 e. The number of carbonyl (C=O) groups excluding carboxylic acids is 3. The Kier molecular flexibility index (Phi) is 26.3. The molecular formula is C71H75N29O8. The molecule has 108 heavy (non-hydrogen) atoms. The fourth-order valence-corrected chi connectivity index (χ4v) is 10.3. The quantitative estimate of drug-likeness (QED) is 0.0231. The average Bonchev–Trinajstić information content (AvgIpc) is 1.71. The molecular weight excluding hydrogens is 1390 g/mol. The summed E-state index contributed by atoms with van der Waals surface area (Å²) in [5, 5.41) is 75.0. The van der Waals surface area contributed by atoms with E-state index in [1.54, 1.807) is 85.5 Å². The van der Waals surface area contributed by atoms with Gasteiger partial charge in [-0.15, -0.1) is 10.2 Å². The summed E-state index contributed by atoms with van der Waals surface area (Å²) in [5.41, 5.74) is 7.32. The number of fused-ring (bicyclic) bond motifs is 5. The van der Waals surface area contributed by atoms with Gasteiger partial charge in [0.2, 0.25) is 29.6 Å². The van der Waals surface area contributed by atoms with Crippen molar-refractivity contribution < 1.29 is 14.4 Å². The lowest BCUT2D eigenvalue weighted by Crippen LogP contribution is -2.17. The molecule has 10 aromatic heterocycles. The lowest BCUT2D eigenvalue weighted by Gasteiger charge is -2.07. The van der Waals surface area contributed by atoms with Gasteiger partial charge in [0.05, 0.1) is 79.3 Å². The van der Waals surface area contributed by atoms with E-state index >= 15 is 0 Å². The molecule has 0 atom stereocenters. The van der Waals surface area contributed by atoms with E-state index in [0.717, 1.165) is 90.0 Å². The van der Waals surface area contributed by atoms with E-state index in [0.29, 0.717) is 87.9 Å². The summed E-state index contributed by atoms with van der Waals surface area (Å²) in [5.74, 6) is 2.45. The van der Waals surface area contributed by atoms with Gasteiger partial charge in [0, 0.05) is 112 Å². The van der Waals surface area contributed by atoms with Crippen molar-refractivity contribution in [1.82, 2.24) is 96.3 Å². The average molecular weight is 1460 g/mol. The third kappa shape index (κ3) is 22.5. The molecule has 37 heteroatoms. The molecule has 20 N–H and O–H groups in total. The first kappa shape index (κ1) is 74.1. The highest BCUT2D eigenvalue weighted by Gasteiger charge is 2.11. The summed E-state index contributed by atoms with van der Waals surface area (Å²) >= 11 is 0. The molecule has 37 nitrogen and oxygen atoms in total. The third-order valence-electron chi connectivity index (χ3n) is 15.6. The van der Waals surface area contributed by atoms with E-state index in [1.165, 1.54) is 18.6 Å². The number of carbonyl (C=O) groups is 3. The highest BCUT2D eigenvalue weighted by atomic mass is 16.2. The van der Waals surface area contributed by atoms with Crippen LogP contribution >= 0.6 is 0 Å². The predicted molar refractivity (Wildman–Crippen MR) is 415 cm³/mol. The first-order valence-corrected chi connectivity index (χ1v) is 33.9. The SMILES string of the molecule is O=C(CCNc1ccc2c(=O)[nH][nH]c2c1)Nc1ccccn1.O=C(CCNc1ccc2c(=O)[nH][nH]c2c1)Nc1nccnn1.O=C(CCNc1ccccn1)Nc1ccc2c(=O)[nH][nH]c2c1.O=c1[nH][nH]c2cc(NCCCNc3ccccn3)ccc12.O=c1[nH][nH]c2cc(NCCCNc3nccnn3)ccc12. The number of amides is 3. The lowest BCUT2D eigenvalue weighted by atomic mass is 10.2. The Morgan fingerprint density at radius 2 is 0.602 bits per heavy atom. The minimum atomic E-state index is -0.211. The van der Waals surface area contributed by atoms with Crippen molar-refractivity contribution in [3.8, 4) is 0 Å². The molecule has 0 aliphatic heterocycles. The molecule has 0 aliphatic rings. The Morgan fingerprint density at radius 3 is 0.991 bits per heavy atom. The van der Waals surface area contributed by atoms with Gasteiger partial charge < -0.3 is 47.9 Å². The van der Waals surface area contributed by atoms with Crippen molar-refractivity contribution in [2.45, 2.75) is 32.1 Å². The van der Waals surface area contributed by atoms with Crippen molar-refractivity contribution in [1.29, 1.82) is 0 Å². The number of pyridine rings is 3. The van der Waals surface area contributed by atoms with Gasteiger partial charge in [0.25, 0.3) is 27.8 Å². The summed E-state index contributed by atoms with van der Waals surface area (Å²) in [6.07, 6.45) is 13.9. The van der Waals surface area contributed by atoms with E-state index in [9.17, 15) is 38.4 Å². The first-order valence-electron chi connectivity index (χ1n) is 33.9. The summed E-state index contributed by atoms with van der Waals surface area (Å²) in [7, 11) is 0. The number of nitrogens with one attached hydrogen (secondary N) is 20. The maximum Gasteiger partial charge on any atom is 0.271 e. The number of benzene rings is 5. The van der Waals surface area contributed by atoms with Crippen LogP contribution in [0.2, 0.25) is 0 Å². The molecule has 10 heterocycles. The molecule has 5 aromatic carbocycles. The van der Waals surface area contributed by atoms with E-state index in [-0.39, 0.29) is 57.9 Å². The third-order valence-corrected chi connectivity index (χ3v) is 15.6. The Morgan fingerprint density at radius 1 is 0.278 bits per heavy atom. The first-order chi connectivity index (χ1) is 52.8. The summed E-state index contributed by atoms with van der Waals surface area (Å²) in [4.78, 5) is 113. The van der Waals surface area contributed by atoms with E-state index < -0.39 is 0 Å². The minimum absolute atomic E-state index is 0.0869. The summed E-state index contributed by atoms with van der Waals surface area (Å²) < 4.78 is 0. The number of hydrogen-bond donors (Lipinski definition) is 20. The maximum absolute atomic E-state index is 11.9. The van der Waals surface area contributed by atoms with Gasteiger partial charge in [-0.05, 0) is 140 Å². The monoisotopic (exact) mass is 1460 g/mol. The standard InChI is InChI=1S/2C15H15N5O2.C15H17N5O.C13H13N7O2.C13H15N7O/c21-14(18-13-3-1-2-7-17-13)6-8-16-10-4-5-11-12(9-10)19-20-15(11)22;21-14(6-8-17-13-3-1-2-7-16-13)18-10-4-5-11-12(9-10)19-20-15(11)22;21-15-12-6-5-11(10-13(12)19-20-15)16-8-3-9-18-14-4-1-2-7-17-14;21-11(17-13-15-5-6-16-20-13)3-4-14-8-1-2-9-10(7-8)18-19-12(9)22;21-12-10-3-2-9(8-11(10)18-19-12)14-4-1-5-15-13-16-6-7-17-20-13/h1-5,7,9,16H,6,8H2,(H,17,18,21)(H2,19,20,22);1-5,7,9H,6,8H2,(H,16,17)(H,18,21)(H2,19,20,22);1-2,4-7,10,16H,3,8-9H2,(H,17,18)(H2,19,20,21);1-2,5-7,14H,3-4H2,(H2,18,19,22)(H,15,17,20,21);2-3,6-8,14H,1,4-5H2,(H,15,16,20)(H2,18,19,21). The molecule has 0 bridgehead atoms. The minimum Gasteiger partial charge on any atom is -0.385 e. The van der Waals surface area contributed by atoms with Gasteiger partial charge in [-0.1, -0.05) is 18.2 Å². The number of nitrogens with zero attached hydrogens (tertiary/aromatic N) is 9. The van der Waals surface area contributed by atoms with Crippen molar-refractivity contribution in [2.75, 3.05) is 99.0 Å². The second-order valence-corrected chi connectivity index (χ2v) is 23.4. The Balaban J connectivity index is 0.000000134. The van der Waals surface area contributed by atoms with Crippen LogP contribution in [0, 0.1) is 0 Å². The molecule has 0 unspecified atom stereocenters. The zero-order valence-corrected chi connectivity index (χ0v) is 57.7. The lowest BCUT2D eigenvalue weighted by molar-refractivity contribution is -0.116. The van der Waals surface area contributed by atoms with Crippen molar-refractivity contribution in [2.24, 2.45) is 0 Å². The fourth-order valence-electron chi connectivity index (χ4n) is 10.3. The van der Waals surface area contributed by atoms with Crippen LogP contribution < -0.4 is 81.0 Å². The second kappa shape index (κ2) is 38.3. The van der Waals surface area contributed by atoms with E-state index in [2.05, 4.69) is 149 Å². The van der Waals surface area contributed by atoms with E-state index in [4.69, 9.17) is 0 Å². The molecule has 0 fully saturated rings. The summed E-state index contributed by atoms with van der Waals surface area (Å²) in [6.45, 7) is 4.67. The Bertz CT molecular complexity index is 5390. The van der Waals surface area contributed by atoms with Gasteiger partial charge in [-0.25, -0.2) is 24.9 Å². The zero-order valence-electron chi connectivity index (χ0n) is 57.7. The van der Waals surface area contributed by atoms with E-state index in [1.807, 2.05) is 84.9 Å². The van der Waals surface area contributed by atoms with Crippen LogP contribution in [0.25, 0.3) is 54.5 Å². The van der Waals surface area contributed by atoms with Gasteiger partial charge in [-0.2, -0.15) is 10.2 Å². The topological polar surface area (TPSA) is 531 Å². The molecule has 15 rings (SSSR count). The van der Waals surface area contributed by atoms with Crippen LogP contribution in [0.1, 0.15) is 32.1 Å². The number of aromatic amines is 10. The van der Waals surface area contributed by atoms with Gasteiger partial charge in [-0.3, -0.25) is 94.7 Å². The summed E-state index contributed by atoms with van der Waals surface area (Å²) in [6, 6.07) is 43.7. The van der Waals surface area contributed by atoms with Crippen molar-refractivity contribution >= 4 is 130 Å². The van der Waals surface area contributed by atoms with Gasteiger partial charge >= 0.3 is 0 Å². The predicted octanol–water partition coefficient (Wildman–Crippen LogP) is 6.99. The molecule has 552 valence electrons. The highest BCUT2D eigenvalue weighted by molar-refractivity contribution is 5.94. The number of aromatic nitrogens is 19. The van der Waals surface area contributed by atoms with Crippen LogP contribution in [0.5, 0.6) is 0 Å². The van der Waals surface area contributed by atoms with Crippen LogP contribution in [-0.2, 0) is 14.4 Å². The van der Waals surface area contributed by atoms with Crippen LogP contribution in [0.4, 0.5) is 57.8 Å². The number of rotatable bonds is 27. The normalized spacial score (nSPS) is 10.6. The van der Waals surface area contributed by atoms with Crippen LogP contribution in [0.3, 0.4) is 0 Å². The molecule has 0 aliphatic carbocycles. The number of H-pyrrole nitrogens is 10. The zero-order chi connectivity index (χ0) is 75.1. The van der Waals surface area contributed by atoms with Gasteiger partial charge in [0.1, 0.15) is 17.5 Å². The van der Waals surface area contributed by atoms with Crippen molar-refractivity contribution in [3.05, 3.63) is 241 Å². The van der Waals surface area contributed by atoms with Crippen molar-refractivity contribution in [3.63, 3.8) is 0 Å². The molecule has 15 aromatic rings. The van der Waals surface area contributed by atoms with Gasteiger partial charge in [0.15, 0.2) is 0 Å². The maximum atomic E-state index is 11.9. The number of anilines is 10. The Hall–Kier alpha value is -15.1. The molecule has 0 saturated heterocycles. The Labute approximate surface area is 610 Å². The molecule has 0 radical (unpaired) electrons. The van der Waals surface area contributed by atoms with Crippen LogP contribution in [-0.4, -0.2) is 160 Å². The number of hydrogen-bond acceptors (Lipinski definition) is 24. The molecule has 0 spiro atoms.